The lowest BCUT2D eigenvalue weighted by atomic mass is 10.3. The third kappa shape index (κ3) is 1.92. The average molecular weight is 272 g/mol. The van der Waals surface area contributed by atoms with E-state index in [2.05, 4.69) is 9.97 Å². The Balaban J connectivity index is 2.80. The number of nitrogens with zero attached hydrogens (tertiary/aromatic N) is 2. The molecule has 98 valence electrons. The van der Waals surface area contributed by atoms with Gasteiger partial charge in [0.05, 0.1) is 19.3 Å². The molecule has 0 aliphatic heterocycles. The van der Waals surface area contributed by atoms with Gasteiger partial charge in [0.1, 0.15) is 5.65 Å². The van der Waals surface area contributed by atoms with Crippen molar-refractivity contribution in [3.63, 3.8) is 0 Å². The van der Waals surface area contributed by atoms with Gasteiger partial charge in [-0.05, 0) is 12.2 Å². The second-order valence-electron chi connectivity index (χ2n) is 3.89. The molecule has 0 saturated carbocycles. The summed E-state index contributed by atoms with van der Waals surface area (Å²) in [4.78, 5) is 28.0. The first-order valence-electron chi connectivity index (χ1n) is 5.16. The van der Waals surface area contributed by atoms with E-state index in [9.17, 15) is 14.7 Å². The van der Waals surface area contributed by atoms with Crippen LogP contribution < -0.4 is 11.2 Å². The van der Waals surface area contributed by atoms with E-state index >= 15 is 0 Å². The minimum atomic E-state index is -1.03. The first-order chi connectivity index (χ1) is 8.45. The SMILES string of the molecule is Cn1c(=O)[nH]c(=O)c2c1[nH]c(=S)n2C[C@H](O)CO. The Labute approximate surface area is 105 Å². The van der Waals surface area contributed by atoms with Crippen molar-refractivity contribution in [2.45, 2.75) is 12.6 Å². The number of hydrogen-bond acceptors (Lipinski definition) is 5. The zero-order valence-corrected chi connectivity index (χ0v) is 10.3. The number of aliphatic hydroxyl groups is 2. The standard InChI is InChI=1S/C9H12N4O4S/c1-12-6-5(7(16)11-8(12)17)13(9(18)10-6)2-4(15)3-14/h4,14-15H,2-3H2,1H3,(H,10,18)(H,11,16,17)/t4-/m0/s1. The molecule has 0 aromatic carbocycles. The van der Waals surface area contributed by atoms with Crippen LogP contribution in [0.2, 0.25) is 0 Å². The summed E-state index contributed by atoms with van der Waals surface area (Å²) in [7, 11) is 1.48. The predicted octanol–water partition coefficient (Wildman–Crippen LogP) is -1.56. The lowest BCUT2D eigenvalue weighted by Gasteiger charge is -2.08. The second-order valence-corrected chi connectivity index (χ2v) is 4.28. The summed E-state index contributed by atoms with van der Waals surface area (Å²) in [6.45, 7) is -0.477. The van der Waals surface area contributed by atoms with Crippen LogP contribution >= 0.6 is 12.2 Å². The molecular formula is C9H12N4O4S. The number of aromatic nitrogens is 4. The fraction of sp³-hybridized carbons (Fsp3) is 0.444. The molecule has 9 heteroatoms. The fourth-order valence-electron chi connectivity index (χ4n) is 1.71. The number of H-pyrrole nitrogens is 2. The summed E-state index contributed by atoms with van der Waals surface area (Å²) in [6, 6.07) is 0. The molecule has 2 aromatic rings. The largest absolute Gasteiger partial charge is 0.394 e. The third-order valence-electron chi connectivity index (χ3n) is 2.64. The average Bonchev–Trinajstić information content (AvgIpc) is 2.64. The van der Waals surface area contributed by atoms with Gasteiger partial charge in [-0.3, -0.25) is 14.3 Å². The maximum absolute atomic E-state index is 11.8. The van der Waals surface area contributed by atoms with Crippen molar-refractivity contribution in [2.75, 3.05) is 6.61 Å². The van der Waals surface area contributed by atoms with E-state index in [0.29, 0.717) is 0 Å². The van der Waals surface area contributed by atoms with Gasteiger partial charge in [0.25, 0.3) is 5.56 Å². The molecule has 0 spiro atoms. The van der Waals surface area contributed by atoms with Gasteiger partial charge in [-0.2, -0.15) is 0 Å². The Morgan fingerprint density at radius 1 is 1.39 bits per heavy atom. The zero-order valence-electron chi connectivity index (χ0n) is 9.51. The minimum Gasteiger partial charge on any atom is -0.394 e. The number of aryl methyl sites for hydroxylation is 1. The van der Waals surface area contributed by atoms with Crippen LogP contribution in [-0.2, 0) is 13.6 Å². The molecule has 0 bridgehead atoms. The van der Waals surface area contributed by atoms with E-state index in [1.807, 2.05) is 0 Å². The molecule has 4 N–H and O–H groups in total. The molecule has 0 aliphatic carbocycles. The highest BCUT2D eigenvalue weighted by atomic mass is 32.1. The van der Waals surface area contributed by atoms with Gasteiger partial charge in [0.2, 0.25) is 0 Å². The highest BCUT2D eigenvalue weighted by molar-refractivity contribution is 7.71. The van der Waals surface area contributed by atoms with E-state index in [-0.39, 0.29) is 22.5 Å². The summed E-state index contributed by atoms with van der Waals surface area (Å²) < 4.78 is 2.77. The molecule has 8 nitrogen and oxygen atoms in total. The van der Waals surface area contributed by atoms with E-state index in [1.165, 1.54) is 16.2 Å². The Bertz CT molecular complexity index is 752. The van der Waals surface area contributed by atoms with Gasteiger partial charge < -0.3 is 19.8 Å². The maximum atomic E-state index is 11.8. The number of aliphatic hydroxyl groups excluding tert-OH is 2. The fourth-order valence-corrected chi connectivity index (χ4v) is 1.98. The molecule has 0 unspecified atom stereocenters. The van der Waals surface area contributed by atoms with E-state index < -0.39 is 24.0 Å². The van der Waals surface area contributed by atoms with E-state index in [4.69, 9.17) is 17.3 Å². The molecule has 2 heterocycles. The van der Waals surface area contributed by atoms with Crippen LogP contribution in [0.15, 0.2) is 9.59 Å². The number of imidazole rings is 1. The molecule has 18 heavy (non-hydrogen) atoms. The second kappa shape index (κ2) is 4.52. The van der Waals surface area contributed by atoms with Crippen molar-refractivity contribution >= 4 is 23.4 Å². The molecule has 0 fully saturated rings. The van der Waals surface area contributed by atoms with Crippen LogP contribution in [0.1, 0.15) is 0 Å². The summed E-state index contributed by atoms with van der Waals surface area (Å²) in [5.74, 6) is 0. The van der Waals surface area contributed by atoms with Gasteiger partial charge in [-0.25, -0.2) is 4.79 Å². The molecule has 2 rings (SSSR count). The monoisotopic (exact) mass is 272 g/mol. The highest BCUT2D eigenvalue weighted by Crippen LogP contribution is 2.07. The van der Waals surface area contributed by atoms with Crippen molar-refractivity contribution in [2.24, 2.45) is 7.05 Å². The van der Waals surface area contributed by atoms with Crippen molar-refractivity contribution in [3.8, 4) is 0 Å². The Hall–Kier alpha value is -1.71. The van der Waals surface area contributed by atoms with E-state index in [1.54, 1.807) is 0 Å². The van der Waals surface area contributed by atoms with Gasteiger partial charge in [0, 0.05) is 7.05 Å². The lowest BCUT2D eigenvalue weighted by Crippen LogP contribution is -2.30. The summed E-state index contributed by atoms with van der Waals surface area (Å²) in [5.41, 5.74) is -0.710. The number of nitrogens with one attached hydrogen (secondary N) is 2. The smallest absolute Gasteiger partial charge is 0.329 e. The highest BCUT2D eigenvalue weighted by Gasteiger charge is 2.14. The first-order valence-corrected chi connectivity index (χ1v) is 5.57. The number of hydrogen-bond donors (Lipinski definition) is 4. The van der Waals surface area contributed by atoms with Crippen LogP contribution in [0, 0.1) is 4.77 Å². The molecule has 1 atom stereocenters. The van der Waals surface area contributed by atoms with Gasteiger partial charge in [-0.1, -0.05) is 0 Å². The normalized spacial score (nSPS) is 13.1. The maximum Gasteiger partial charge on any atom is 0.329 e. The van der Waals surface area contributed by atoms with Crippen molar-refractivity contribution in [1.29, 1.82) is 0 Å². The predicted molar refractivity (Wildman–Crippen MR) is 66.1 cm³/mol. The zero-order chi connectivity index (χ0) is 13.4. The van der Waals surface area contributed by atoms with Gasteiger partial charge >= 0.3 is 5.69 Å². The number of aromatic amines is 2. The molecular weight excluding hydrogens is 260 g/mol. The van der Waals surface area contributed by atoms with Crippen molar-refractivity contribution in [3.05, 3.63) is 25.6 Å². The minimum absolute atomic E-state index is 0.0311. The lowest BCUT2D eigenvalue weighted by molar-refractivity contribution is 0.0817. The summed E-state index contributed by atoms with van der Waals surface area (Å²) >= 11 is 5.03. The quantitative estimate of drug-likeness (QED) is 0.504. The van der Waals surface area contributed by atoms with Crippen LogP contribution in [0.25, 0.3) is 11.2 Å². The number of rotatable bonds is 3. The number of fused-ring (bicyclic) bond motifs is 1. The summed E-state index contributed by atoms with van der Waals surface area (Å²) in [5, 5.41) is 18.2. The summed E-state index contributed by atoms with van der Waals surface area (Å²) in [6.07, 6.45) is -1.03. The van der Waals surface area contributed by atoms with Crippen LogP contribution in [-0.4, -0.2) is 42.0 Å². The van der Waals surface area contributed by atoms with Crippen LogP contribution in [0.3, 0.4) is 0 Å². The molecule has 2 aromatic heterocycles. The van der Waals surface area contributed by atoms with Crippen molar-refractivity contribution < 1.29 is 10.2 Å². The molecule has 0 saturated heterocycles. The van der Waals surface area contributed by atoms with E-state index in [0.717, 1.165) is 0 Å². The van der Waals surface area contributed by atoms with Crippen LogP contribution in [0.4, 0.5) is 0 Å². The Kier molecular flexibility index (Phi) is 3.20. The first kappa shape index (κ1) is 12.7. The van der Waals surface area contributed by atoms with Crippen LogP contribution in [0.5, 0.6) is 0 Å². The Morgan fingerprint density at radius 2 is 2.06 bits per heavy atom. The van der Waals surface area contributed by atoms with Gasteiger partial charge in [0.15, 0.2) is 10.3 Å². The van der Waals surface area contributed by atoms with Gasteiger partial charge in [-0.15, -0.1) is 0 Å². The third-order valence-corrected chi connectivity index (χ3v) is 2.97. The molecule has 0 aliphatic rings. The Morgan fingerprint density at radius 3 is 2.67 bits per heavy atom. The van der Waals surface area contributed by atoms with Crippen molar-refractivity contribution in [1.82, 2.24) is 19.1 Å². The topological polar surface area (TPSA) is 116 Å². The molecule has 0 amide bonds. The molecule has 0 radical (unpaired) electrons.